The van der Waals surface area contributed by atoms with Crippen molar-refractivity contribution in [1.29, 1.82) is 0 Å². The van der Waals surface area contributed by atoms with Crippen LogP contribution in [0.25, 0.3) is 0 Å². The van der Waals surface area contributed by atoms with Gasteiger partial charge in [-0.3, -0.25) is 24.2 Å². The lowest BCUT2D eigenvalue weighted by Crippen LogP contribution is -2.52. The third kappa shape index (κ3) is 11.0. The van der Waals surface area contributed by atoms with E-state index >= 15 is 0 Å². The number of amides is 3. The van der Waals surface area contributed by atoms with Crippen molar-refractivity contribution < 1.29 is 37.1 Å². The first-order valence-electron chi connectivity index (χ1n) is 17.9. The molecule has 2 atom stereocenters. The molecule has 3 N–H and O–H groups in total. The van der Waals surface area contributed by atoms with Crippen molar-refractivity contribution in [2.75, 3.05) is 16.6 Å². The number of ketones is 1. The summed E-state index contributed by atoms with van der Waals surface area (Å²) in [7, 11) is -4.25. The number of carbonyl (C=O) groups is 4. The highest BCUT2D eigenvalue weighted by atomic mass is 35.5. The molecule has 4 rings (SSSR count). The van der Waals surface area contributed by atoms with Crippen molar-refractivity contribution in [3.63, 3.8) is 0 Å². The van der Waals surface area contributed by atoms with Gasteiger partial charge in [-0.15, -0.1) is 0 Å². The number of unbranched alkanes of at least 4 members (excludes halogenated alkanes) is 11. The Bertz CT molecular complexity index is 1810. The summed E-state index contributed by atoms with van der Waals surface area (Å²) in [6.45, 7) is 5.59. The van der Waals surface area contributed by atoms with Crippen LogP contribution in [0, 0.1) is 6.92 Å². The zero-order chi connectivity index (χ0) is 37.7. The van der Waals surface area contributed by atoms with E-state index in [0.29, 0.717) is 23.0 Å². The number of cyclic esters (lactones) is 1. The summed E-state index contributed by atoms with van der Waals surface area (Å²) < 4.78 is 40.5. The Hall–Kier alpha value is -4.43. The van der Waals surface area contributed by atoms with Crippen molar-refractivity contribution in [2.45, 2.75) is 115 Å². The van der Waals surface area contributed by atoms with E-state index in [1.165, 1.54) is 82.9 Å². The van der Waals surface area contributed by atoms with Crippen LogP contribution in [0.5, 0.6) is 5.75 Å². The van der Waals surface area contributed by atoms with Gasteiger partial charge in [-0.2, -0.15) is 5.10 Å². The van der Waals surface area contributed by atoms with Crippen molar-refractivity contribution in [1.82, 2.24) is 15.1 Å². The number of benzene rings is 2. The molecule has 282 valence electrons. The summed E-state index contributed by atoms with van der Waals surface area (Å²) in [4.78, 5) is 52.6. The standard InChI is InChI=1S/C37H48ClN5O8S/c1-4-5-6-7-8-9-10-11-12-13-14-17-22-50-32-19-16-15-18-29(32)42-52(48,49)27-20-21-28(38)30(24-27)39-35(45)33(34(44)31-23-25(2)40-41-31)43-36(46)26(3)51-37(43)47/h15-16,18-21,23-24,26,33,42H,4-14,17,22H2,1-3H3,(H,39,45)(H,40,41). The van der Waals surface area contributed by atoms with E-state index in [2.05, 4.69) is 27.2 Å². The summed E-state index contributed by atoms with van der Waals surface area (Å²) in [5.41, 5.74) is 0.331. The molecule has 1 fully saturated rings. The van der Waals surface area contributed by atoms with Gasteiger partial charge in [-0.05, 0) is 56.7 Å². The fourth-order valence-corrected chi connectivity index (χ4v) is 7.05. The number of imide groups is 1. The fourth-order valence-electron chi connectivity index (χ4n) is 5.79. The van der Waals surface area contributed by atoms with Gasteiger partial charge in [0.15, 0.2) is 12.1 Å². The molecule has 13 nitrogen and oxygen atoms in total. The molecule has 1 saturated heterocycles. The molecular formula is C37H48ClN5O8S. The summed E-state index contributed by atoms with van der Waals surface area (Å²) in [6, 6.07) is 9.61. The molecule has 0 radical (unpaired) electrons. The number of hydrogen-bond donors (Lipinski definition) is 3. The number of nitrogens with one attached hydrogen (secondary N) is 3. The van der Waals surface area contributed by atoms with Crippen molar-refractivity contribution in [3.05, 3.63) is 64.9 Å². The molecule has 0 aliphatic carbocycles. The summed E-state index contributed by atoms with van der Waals surface area (Å²) >= 11 is 6.34. The van der Waals surface area contributed by atoms with E-state index in [1.807, 2.05) is 0 Å². The number of H-pyrrole nitrogens is 1. The maximum atomic E-state index is 13.6. The smallest absolute Gasteiger partial charge is 0.418 e. The molecule has 0 bridgehead atoms. The Balaban J connectivity index is 1.37. The first-order valence-corrected chi connectivity index (χ1v) is 19.7. The minimum Gasteiger partial charge on any atom is -0.491 e. The number of nitrogens with zero attached hydrogens (tertiary/aromatic N) is 2. The summed E-state index contributed by atoms with van der Waals surface area (Å²) in [6.07, 6.45) is 12.2. The molecule has 52 heavy (non-hydrogen) atoms. The topological polar surface area (TPSA) is 177 Å². The van der Waals surface area contributed by atoms with Crippen LogP contribution in [0.4, 0.5) is 16.2 Å². The molecule has 0 spiro atoms. The average molecular weight is 758 g/mol. The Morgan fingerprint density at radius 2 is 1.58 bits per heavy atom. The van der Waals surface area contributed by atoms with Gasteiger partial charge in [0, 0.05) is 5.69 Å². The molecular weight excluding hydrogens is 710 g/mol. The van der Waals surface area contributed by atoms with Gasteiger partial charge >= 0.3 is 6.09 Å². The highest BCUT2D eigenvalue weighted by Crippen LogP contribution is 2.31. The van der Waals surface area contributed by atoms with Crippen molar-refractivity contribution in [3.8, 4) is 5.75 Å². The normalized spacial score (nSPS) is 15.0. The number of halogens is 1. The lowest BCUT2D eigenvalue weighted by molar-refractivity contribution is -0.133. The van der Waals surface area contributed by atoms with Crippen LogP contribution >= 0.6 is 11.6 Å². The quantitative estimate of drug-likeness (QED) is 0.0524. The first-order chi connectivity index (χ1) is 24.9. The summed E-state index contributed by atoms with van der Waals surface area (Å²) in [5.74, 6) is -2.64. The van der Waals surface area contributed by atoms with E-state index in [4.69, 9.17) is 21.1 Å². The highest BCUT2D eigenvalue weighted by Gasteiger charge is 2.49. The van der Waals surface area contributed by atoms with Crippen LogP contribution in [-0.2, 0) is 24.3 Å². The van der Waals surface area contributed by atoms with Crippen LogP contribution in [0.1, 0.15) is 107 Å². The molecule has 1 aliphatic heterocycles. The Labute approximate surface area is 310 Å². The number of aromatic nitrogens is 2. The minimum absolute atomic E-state index is 0.0658. The average Bonchev–Trinajstić information content (AvgIpc) is 3.65. The number of carbonyl (C=O) groups excluding carboxylic acids is 4. The van der Waals surface area contributed by atoms with Gasteiger partial charge in [0.2, 0.25) is 5.78 Å². The molecule has 3 aromatic rings. The molecule has 2 unspecified atom stereocenters. The third-order valence-electron chi connectivity index (χ3n) is 8.67. The lowest BCUT2D eigenvalue weighted by Gasteiger charge is -2.22. The minimum atomic E-state index is -4.25. The number of aryl methyl sites for hydroxylation is 1. The Morgan fingerprint density at radius 3 is 2.17 bits per heavy atom. The predicted molar refractivity (Wildman–Crippen MR) is 198 cm³/mol. The first kappa shape index (κ1) is 40.3. The molecule has 1 aliphatic rings. The van der Waals surface area contributed by atoms with Gasteiger partial charge in [0.05, 0.1) is 27.9 Å². The van der Waals surface area contributed by atoms with E-state index in [9.17, 15) is 27.6 Å². The number of rotatable bonds is 22. The van der Waals surface area contributed by atoms with Crippen molar-refractivity contribution >= 4 is 56.7 Å². The van der Waals surface area contributed by atoms with Gasteiger partial charge in [0.25, 0.3) is 21.8 Å². The van der Waals surface area contributed by atoms with Gasteiger partial charge in [0.1, 0.15) is 11.4 Å². The number of Topliss-reactive ketones (excluding diaryl/α,β-unsaturated/α-hetero) is 1. The number of hydrogen-bond acceptors (Lipinski definition) is 9. The van der Waals surface area contributed by atoms with E-state index in [1.54, 1.807) is 31.2 Å². The second-order valence-electron chi connectivity index (χ2n) is 12.9. The van der Waals surface area contributed by atoms with Gasteiger partial charge in [-0.1, -0.05) is 101 Å². The molecule has 15 heteroatoms. The van der Waals surface area contributed by atoms with E-state index < -0.39 is 45.9 Å². The van der Waals surface area contributed by atoms with Crippen LogP contribution in [0.2, 0.25) is 5.02 Å². The third-order valence-corrected chi connectivity index (χ3v) is 10.4. The molecule has 2 aromatic carbocycles. The van der Waals surface area contributed by atoms with Crippen LogP contribution in [0.15, 0.2) is 53.4 Å². The monoisotopic (exact) mass is 757 g/mol. The summed E-state index contributed by atoms with van der Waals surface area (Å²) in [5, 5.41) is 8.78. The van der Waals surface area contributed by atoms with E-state index in [0.717, 1.165) is 25.3 Å². The maximum absolute atomic E-state index is 13.6. The fraction of sp³-hybridized carbons (Fsp3) is 0.486. The predicted octanol–water partition coefficient (Wildman–Crippen LogP) is 7.81. The molecule has 3 amide bonds. The van der Waals surface area contributed by atoms with Crippen LogP contribution < -0.4 is 14.8 Å². The Morgan fingerprint density at radius 1 is 0.942 bits per heavy atom. The number of para-hydroxylation sites is 2. The van der Waals surface area contributed by atoms with Crippen LogP contribution in [-0.4, -0.2) is 66.0 Å². The van der Waals surface area contributed by atoms with Gasteiger partial charge in [-0.25, -0.2) is 18.1 Å². The van der Waals surface area contributed by atoms with E-state index in [-0.39, 0.29) is 27.0 Å². The molecule has 1 aromatic heterocycles. The second-order valence-corrected chi connectivity index (χ2v) is 15.0. The van der Waals surface area contributed by atoms with Crippen LogP contribution in [0.3, 0.4) is 0 Å². The zero-order valence-corrected chi connectivity index (χ0v) is 31.5. The largest absolute Gasteiger partial charge is 0.491 e. The number of sulfonamides is 1. The molecule has 0 saturated carbocycles. The highest BCUT2D eigenvalue weighted by molar-refractivity contribution is 7.92. The number of aromatic amines is 1. The van der Waals surface area contributed by atoms with Gasteiger partial charge < -0.3 is 14.8 Å². The maximum Gasteiger partial charge on any atom is 0.418 e. The van der Waals surface area contributed by atoms with Crippen molar-refractivity contribution in [2.24, 2.45) is 0 Å². The number of anilines is 2. The second kappa shape index (κ2) is 19.4. The Kier molecular flexibility index (Phi) is 15.1. The molecule has 2 heterocycles. The number of ether oxygens (including phenoxy) is 2. The zero-order valence-electron chi connectivity index (χ0n) is 29.9. The SMILES string of the molecule is CCCCCCCCCCCCCCOc1ccccc1NS(=O)(=O)c1ccc(Cl)c(NC(=O)C(C(=O)c2cc(C)[nH]n2)N2C(=O)OC(C)C2=O)c1. The lowest BCUT2D eigenvalue weighted by atomic mass is 10.1.